The summed E-state index contributed by atoms with van der Waals surface area (Å²) in [5, 5.41) is 10.2. The molecule has 0 amide bonds. The van der Waals surface area contributed by atoms with Crippen molar-refractivity contribution in [1.29, 1.82) is 0 Å². The fourth-order valence-electron chi connectivity index (χ4n) is 2.23. The van der Waals surface area contributed by atoms with Gasteiger partial charge in [0.05, 0.1) is 7.11 Å². The van der Waals surface area contributed by atoms with Gasteiger partial charge >= 0.3 is 5.97 Å². The van der Waals surface area contributed by atoms with Crippen molar-refractivity contribution in [1.82, 2.24) is 0 Å². The Labute approximate surface area is 102 Å². The summed E-state index contributed by atoms with van der Waals surface area (Å²) in [7, 11) is 2.92. The Morgan fingerprint density at radius 1 is 1.29 bits per heavy atom. The van der Waals surface area contributed by atoms with Crippen molar-refractivity contribution < 1.29 is 14.6 Å². The summed E-state index contributed by atoms with van der Waals surface area (Å²) in [4.78, 5) is 15.6. The van der Waals surface area contributed by atoms with Crippen LogP contribution in [-0.4, -0.2) is 30.9 Å². The average Bonchev–Trinajstić information content (AvgIpc) is 2.39. The van der Waals surface area contributed by atoms with Crippen LogP contribution >= 0.6 is 0 Å². The second-order valence-corrected chi connectivity index (χ2v) is 4.40. The van der Waals surface area contributed by atoms with E-state index in [0.717, 1.165) is 25.7 Å². The van der Waals surface area contributed by atoms with E-state index >= 15 is 0 Å². The normalized spacial score (nSPS) is 19.8. The molecule has 0 saturated heterocycles. The van der Waals surface area contributed by atoms with Crippen LogP contribution in [0, 0.1) is 5.92 Å². The standard InChI is InChI=1S/C13H21NO3/c1-9(14-2)11(13(16)17-3)12(15)10-7-5-4-6-8-10/h10,15H,4-8H2,1-3H3. The van der Waals surface area contributed by atoms with Gasteiger partial charge < -0.3 is 9.84 Å². The molecule has 0 bridgehead atoms. The lowest BCUT2D eigenvalue weighted by Crippen LogP contribution is -2.20. The quantitative estimate of drug-likeness (QED) is 0.356. The van der Waals surface area contributed by atoms with Gasteiger partial charge in [0, 0.05) is 18.7 Å². The summed E-state index contributed by atoms with van der Waals surface area (Å²) in [6, 6.07) is 0. The predicted molar refractivity (Wildman–Crippen MR) is 67.3 cm³/mol. The molecule has 1 saturated carbocycles. The Morgan fingerprint density at radius 2 is 1.88 bits per heavy atom. The smallest absolute Gasteiger partial charge is 0.343 e. The molecular formula is C13H21NO3. The second kappa shape index (κ2) is 6.42. The average molecular weight is 239 g/mol. The number of methoxy groups -OCH3 is 1. The van der Waals surface area contributed by atoms with Gasteiger partial charge in [0.25, 0.3) is 0 Å². The van der Waals surface area contributed by atoms with E-state index in [-0.39, 0.29) is 17.3 Å². The van der Waals surface area contributed by atoms with Crippen LogP contribution in [0.1, 0.15) is 39.0 Å². The van der Waals surface area contributed by atoms with Crippen LogP contribution in [0.2, 0.25) is 0 Å². The lowest BCUT2D eigenvalue weighted by Gasteiger charge is -2.22. The molecule has 0 aromatic heterocycles. The topological polar surface area (TPSA) is 58.9 Å². The Bertz CT molecular complexity index is 339. The Hall–Kier alpha value is -1.32. The molecule has 0 atom stereocenters. The number of carbonyl (C=O) groups is 1. The molecule has 1 rings (SSSR count). The molecule has 17 heavy (non-hydrogen) atoms. The largest absolute Gasteiger partial charge is 0.511 e. The van der Waals surface area contributed by atoms with Crippen LogP contribution in [0.15, 0.2) is 16.3 Å². The summed E-state index contributed by atoms with van der Waals surface area (Å²) in [6.07, 6.45) is 5.28. The highest BCUT2D eigenvalue weighted by atomic mass is 16.5. The molecule has 1 N–H and O–H groups in total. The molecular weight excluding hydrogens is 218 g/mol. The van der Waals surface area contributed by atoms with Crippen molar-refractivity contribution in [2.45, 2.75) is 39.0 Å². The van der Waals surface area contributed by atoms with Crippen LogP contribution in [0.4, 0.5) is 0 Å². The van der Waals surface area contributed by atoms with Crippen LogP contribution in [-0.2, 0) is 9.53 Å². The van der Waals surface area contributed by atoms with E-state index in [1.807, 2.05) is 0 Å². The minimum Gasteiger partial charge on any atom is -0.511 e. The fraction of sp³-hybridized carbons (Fsp3) is 0.692. The maximum atomic E-state index is 11.7. The van der Waals surface area contributed by atoms with Crippen molar-refractivity contribution >= 4 is 11.7 Å². The first kappa shape index (κ1) is 13.7. The van der Waals surface area contributed by atoms with Gasteiger partial charge in [-0.1, -0.05) is 19.3 Å². The minimum absolute atomic E-state index is 0.0783. The molecule has 1 aliphatic rings. The van der Waals surface area contributed by atoms with Crippen LogP contribution in [0.5, 0.6) is 0 Å². The number of hydrogen-bond acceptors (Lipinski definition) is 4. The zero-order valence-electron chi connectivity index (χ0n) is 10.8. The van der Waals surface area contributed by atoms with Gasteiger partial charge in [-0.3, -0.25) is 4.99 Å². The number of aliphatic imine (C=N–C) groups is 1. The number of carbonyl (C=O) groups excluding carboxylic acids is 1. The van der Waals surface area contributed by atoms with Gasteiger partial charge in [-0.2, -0.15) is 0 Å². The Morgan fingerprint density at radius 3 is 2.35 bits per heavy atom. The first-order chi connectivity index (χ1) is 8.11. The molecule has 0 spiro atoms. The number of rotatable bonds is 3. The van der Waals surface area contributed by atoms with E-state index in [9.17, 15) is 9.90 Å². The van der Waals surface area contributed by atoms with Gasteiger partial charge in [-0.05, 0) is 19.8 Å². The van der Waals surface area contributed by atoms with E-state index in [0.29, 0.717) is 5.71 Å². The monoisotopic (exact) mass is 239 g/mol. The Kier molecular flexibility index (Phi) is 5.19. The molecule has 4 nitrogen and oxygen atoms in total. The van der Waals surface area contributed by atoms with Gasteiger partial charge in [-0.15, -0.1) is 0 Å². The lowest BCUT2D eigenvalue weighted by atomic mass is 9.85. The van der Waals surface area contributed by atoms with Gasteiger partial charge in [0.1, 0.15) is 11.3 Å². The number of esters is 1. The van der Waals surface area contributed by atoms with Crippen LogP contribution < -0.4 is 0 Å². The third-order valence-electron chi connectivity index (χ3n) is 3.33. The molecule has 4 heteroatoms. The molecule has 0 aliphatic heterocycles. The fourth-order valence-corrected chi connectivity index (χ4v) is 2.23. The number of allylic oxidation sites excluding steroid dienone is 1. The number of ether oxygens (including phenoxy) is 1. The minimum atomic E-state index is -0.504. The van der Waals surface area contributed by atoms with Crippen molar-refractivity contribution in [3.63, 3.8) is 0 Å². The molecule has 1 aliphatic carbocycles. The summed E-state index contributed by atoms with van der Waals surface area (Å²) < 4.78 is 4.71. The summed E-state index contributed by atoms with van der Waals surface area (Å²) >= 11 is 0. The van der Waals surface area contributed by atoms with E-state index in [1.54, 1.807) is 14.0 Å². The van der Waals surface area contributed by atoms with E-state index in [4.69, 9.17) is 4.74 Å². The van der Waals surface area contributed by atoms with Crippen molar-refractivity contribution in [2.75, 3.05) is 14.2 Å². The highest BCUT2D eigenvalue weighted by Crippen LogP contribution is 2.30. The summed E-state index contributed by atoms with van der Waals surface area (Å²) in [5.74, 6) is -0.273. The third-order valence-corrected chi connectivity index (χ3v) is 3.33. The van der Waals surface area contributed by atoms with Gasteiger partial charge in [0.15, 0.2) is 0 Å². The SMILES string of the molecule is CN=C(C)C(C(=O)OC)=C(O)C1CCCCC1. The number of aliphatic hydroxyl groups excluding tert-OH is 1. The third kappa shape index (κ3) is 3.32. The summed E-state index contributed by atoms with van der Waals surface area (Å²) in [5.41, 5.74) is 0.766. The van der Waals surface area contributed by atoms with Crippen molar-refractivity contribution in [3.05, 3.63) is 11.3 Å². The lowest BCUT2D eigenvalue weighted by molar-refractivity contribution is -0.135. The van der Waals surface area contributed by atoms with E-state index in [2.05, 4.69) is 4.99 Å². The molecule has 0 radical (unpaired) electrons. The molecule has 0 aromatic rings. The predicted octanol–water partition coefficient (Wildman–Crippen LogP) is 2.64. The number of hydrogen-bond donors (Lipinski definition) is 1. The first-order valence-electron chi connectivity index (χ1n) is 6.07. The van der Waals surface area contributed by atoms with Crippen LogP contribution in [0.3, 0.4) is 0 Å². The van der Waals surface area contributed by atoms with Crippen molar-refractivity contribution in [2.24, 2.45) is 10.9 Å². The Balaban J connectivity index is 3.03. The highest BCUT2D eigenvalue weighted by molar-refractivity contribution is 6.19. The second-order valence-electron chi connectivity index (χ2n) is 4.40. The number of nitrogens with zero attached hydrogens (tertiary/aromatic N) is 1. The molecule has 1 fully saturated rings. The molecule has 0 aromatic carbocycles. The first-order valence-corrected chi connectivity index (χ1v) is 6.07. The highest BCUT2D eigenvalue weighted by Gasteiger charge is 2.26. The van der Waals surface area contributed by atoms with E-state index in [1.165, 1.54) is 13.5 Å². The van der Waals surface area contributed by atoms with Gasteiger partial charge in [0.2, 0.25) is 0 Å². The summed E-state index contributed by atoms with van der Waals surface area (Å²) in [6.45, 7) is 1.71. The van der Waals surface area contributed by atoms with Crippen molar-refractivity contribution in [3.8, 4) is 0 Å². The zero-order chi connectivity index (χ0) is 12.8. The maximum absolute atomic E-state index is 11.7. The maximum Gasteiger partial charge on any atom is 0.343 e. The molecule has 96 valence electrons. The molecule has 0 heterocycles. The molecule has 0 unspecified atom stereocenters. The van der Waals surface area contributed by atoms with Crippen LogP contribution in [0.25, 0.3) is 0 Å². The van der Waals surface area contributed by atoms with Gasteiger partial charge in [-0.25, -0.2) is 4.79 Å². The number of aliphatic hydroxyl groups is 1. The van der Waals surface area contributed by atoms with E-state index < -0.39 is 5.97 Å². The zero-order valence-corrected chi connectivity index (χ0v) is 10.8.